The average molecular weight is 358 g/mol. The summed E-state index contributed by atoms with van der Waals surface area (Å²) in [6.45, 7) is 6.15. The number of hydrogen-bond acceptors (Lipinski definition) is 3. The van der Waals surface area contributed by atoms with E-state index in [4.69, 9.17) is 39.5 Å². The lowest BCUT2D eigenvalue weighted by molar-refractivity contribution is -0.120. The van der Waals surface area contributed by atoms with Crippen LogP contribution in [0, 0.1) is 0 Å². The van der Waals surface area contributed by atoms with Gasteiger partial charge in [-0.2, -0.15) is 0 Å². The zero-order chi connectivity index (χ0) is 16.3. The Balaban J connectivity index is 2.67. The molecule has 1 N–H and O–H groups in total. The van der Waals surface area contributed by atoms with Crippen LogP contribution >= 0.6 is 34.8 Å². The Morgan fingerprint density at radius 2 is 1.90 bits per heavy atom. The predicted octanol–water partition coefficient (Wildman–Crippen LogP) is 3.04. The Bertz CT molecular complexity index is 427. The van der Waals surface area contributed by atoms with Crippen LogP contribution in [0.4, 0.5) is 4.79 Å². The summed E-state index contributed by atoms with van der Waals surface area (Å²) in [4.78, 5) is 25.3. The zero-order valence-electron chi connectivity index (χ0n) is 12.2. The summed E-state index contributed by atoms with van der Waals surface area (Å²) in [5, 5.41) is 2.58. The fourth-order valence-corrected chi connectivity index (χ4v) is 1.88. The average Bonchev–Trinajstić information content (AvgIpc) is 2.51. The number of ether oxygens (including phenoxy) is 1. The highest BCUT2D eigenvalue weighted by molar-refractivity contribution is 6.76. The molecule has 1 atom stereocenters. The van der Waals surface area contributed by atoms with Gasteiger partial charge in [-0.25, -0.2) is 4.79 Å². The molecule has 21 heavy (non-hydrogen) atoms. The molecule has 0 saturated heterocycles. The van der Waals surface area contributed by atoms with Gasteiger partial charge in [-0.15, -0.1) is 0 Å². The second-order valence-corrected chi connectivity index (χ2v) is 8.00. The van der Waals surface area contributed by atoms with Crippen LogP contribution in [0.2, 0.25) is 0 Å². The van der Waals surface area contributed by atoms with Gasteiger partial charge in [0.25, 0.3) is 9.70 Å². The van der Waals surface area contributed by atoms with Crippen molar-refractivity contribution in [3.8, 4) is 0 Å². The van der Waals surface area contributed by atoms with Crippen molar-refractivity contribution in [3.05, 3.63) is 12.2 Å². The van der Waals surface area contributed by atoms with Gasteiger partial charge < -0.3 is 15.0 Å². The molecule has 1 aliphatic heterocycles. The molecule has 0 unspecified atom stereocenters. The van der Waals surface area contributed by atoms with Gasteiger partial charge in [-0.1, -0.05) is 47.0 Å². The van der Waals surface area contributed by atoms with Crippen molar-refractivity contribution in [2.75, 3.05) is 13.1 Å². The standard InChI is InChI=1S/C13H19Cl3N2O3/c1-12(2,3)21-11(20)18-7-5-4-6-9(8-18)17-10(19)13(14,15)16/h4,6,9H,5,7-8H2,1-3H3,(H,17,19)/t9-/m1/s1. The molecule has 0 spiro atoms. The molecule has 0 saturated carbocycles. The maximum Gasteiger partial charge on any atom is 0.410 e. The van der Waals surface area contributed by atoms with Gasteiger partial charge in [-0.05, 0) is 27.2 Å². The van der Waals surface area contributed by atoms with Gasteiger partial charge >= 0.3 is 6.09 Å². The normalized spacial score (nSPS) is 19.9. The van der Waals surface area contributed by atoms with Gasteiger partial charge in [-0.3, -0.25) is 4.79 Å². The molecule has 8 heteroatoms. The first-order valence-electron chi connectivity index (χ1n) is 6.51. The summed E-state index contributed by atoms with van der Waals surface area (Å²) in [7, 11) is 0. The molecule has 0 aliphatic carbocycles. The molecular weight excluding hydrogens is 339 g/mol. The third kappa shape index (κ3) is 6.76. The molecule has 1 heterocycles. The smallest absolute Gasteiger partial charge is 0.410 e. The first kappa shape index (κ1) is 18.4. The highest BCUT2D eigenvalue weighted by atomic mass is 35.6. The van der Waals surface area contributed by atoms with E-state index in [1.165, 1.54) is 4.90 Å². The van der Waals surface area contributed by atoms with Crippen molar-refractivity contribution in [1.82, 2.24) is 10.2 Å². The van der Waals surface area contributed by atoms with Crippen LogP contribution in [0.1, 0.15) is 27.2 Å². The first-order chi connectivity index (χ1) is 9.49. The number of halogens is 3. The quantitative estimate of drug-likeness (QED) is 0.579. The largest absolute Gasteiger partial charge is 0.444 e. The number of nitrogens with zero attached hydrogens (tertiary/aromatic N) is 1. The third-order valence-electron chi connectivity index (χ3n) is 2.58. The summed E-state index contributed by atoms with van der Waals surface area (Å²) in [5.74, 6) is -0.729. The van der Waals surface area contributed by atoms with Gasteiger partial charge in [0.2, 0.25) is 0 Å². The number of carbonyl (C=O) groups excluding carboxylic acids is 2. The summed E-state index contributed by atoms with van der Waals surface area (Å²) in [6.07, 6.45) is 3.88. The van der Waals surface area contributed by atoms with Crippen LogP contribution in [0.3, 0.4) is 0 Å². The molecule has 0 aromatic carbocycles. The highest BCUT2D eigenvalue weighted by Crippen LogP contribution is 2.26. The number of alkyl halides is 3. The molecular formula is C13H19Cl3N2O3. The molecule has 5 nitrogen and oxygen atoms in total. The second-order valence-electron chi connectivity index (χ2n) is 5.72. The zero-order valence-corrected chi connectivity index (χ0v) is 14.4. The number of amides is 2. The molecule has 0 aromatic rings. The highest BCUT2D eigenvalue weighted by Gasteiger charge is 2.33. The summed E-state index contributed by atoms with van der Waals surface area (Å²) < 4.78 is 3.29. The predicted molar refractivity (Wildman–Crippen MR) is 83.8 cm³/mol. The van der Waals surface area contributed by atoms with Crippen molar-refractivity contribution in [2.45, 2.75) is 42.6 Å². The Morgan fingerprint density at radius 3 is 2.43 bits per heavy atom. The Labute approximate surface area is 139 Å². The van der Waals surface area contributed by atoms with Crippen molar-refractivity contribution in [1.29, 1.82) is 0 Å². The van der Waals surface area contributed by atoms with E-state index in [0.717, 1.165) is 0 Å². The molecule has 0 fully saturated rings. The lowest BCUT2D eigenvalue weighted by Crippen LogP contribution is -2.48. The molecule has 1 rings (SSSR count). The van der Waals surface area contributed by atoms with Crippen molar-refractivity contribution in [2.24, 2.45) is 0 Å². The van der Waals surface area contributed by atoms with E-state index < -0.39 is 27.4 Å². The molecule has 2 amide bonds. The topological polar surface area (TPSA) is 58.6 Å². The molecule has 0 aromatic heterocycles. The molecule has 1 aliphatic rings. The number of nitrogens with one attached hydrogen (secondary N) is 1. The van der Waals surface area contributed by atoms with Crippen LogP contribution in [-0.2, 0) is 9.53 Å². The third-order valence-corrected chi connectivity index (χ3v) is 3.09. The van der Waals surface area contributed by atoms with Crippen molar-refractivity contribution in [3.63, 3.8) is 0 Å². The fraction of sp³-hybridized carbons (Fsp3) is 0.692. The second kappa shape index (κ2) is 7.07. The summed E-state index contributed by atoms with van der Waals surface area (Å²) in [6, 6.07) is -0.428. The minimum absolute atomic E-state index is 0.262. The maximum atomic E-state index is 12.1. The fourth-order valence-electron chi connectivity index (χ4n) is 1.72. The van der Waals surface area contributed by atoms with Crippen LogP contribution < -0.4 is 5.32 Å². The number of carbonyl (C=O) groups is 2. The van der Waals surface area contributed by atoms with E-state index >= 15 is 0 Å². The van der Waals surface area contributed by atoms with Gasteiger partial charge in [0.1, 0.15) is 5.60 Å². The van der Waals surface area contributed by atoms with Crippen molar-refractivity contribution < 1.29 is 14.3 Å². The van der Waals surface area contributed by atoms with Gasteiger partial charge in [0.15, 0.2) is 0 Å². The summed E-state index contributed by atoms with van der Waals surface area (Å²) >= 11 is 16.6. The minimum atomic E-state index is -2.03. The lowest BCUT2D eigenvalue weighted by Gasteiger charge is -2.28. The lowest BCUT2D eigenvalue weighted by atomic mass is 10.2. The van der Waals surface area contributed by atoms with Crippen molar-refractivity contribution >= 4 is 46.8 Å². The van der Waals surface area contributed by atoms with E-state index in [2.05, 4.69) is 5.32 Å². The van der Waals surface area contributed by atoms with E-state index in [1.54, 1.807) is 26.8 Å². The first-order valence-corrected chi connectivity index (χ1v) is 7.65. The van der Waals surface area contributed by atoms with Gasteiger partial charge in [0, 0.05) is 13.1 Å². The maximum absolute atomic E-state index is 12.1. The Hall–Kier alpha value is -0.650. The Kier molecular flexibility index (Phi) is 6.20. The minimum Gasteiger partial charge on any atom is -0.444 e. The van der Waals surface area contributed by atoms with Crippen LogP contribution in [0.15, 0.2) is 12.2 Å². The number of rotatable bonds is 1. The molecule has 0 bridgehead atoms. The summed E-state index contributed by atoms with van der Waals surface area (Å²) in [5.41, 5.74) is -0.576. The van der Waals surface area contributed by atoms with E-state index in [9.17, 15) is 9.59 Å². The number of hydrogen-bond donors (Lipinski definition) is 1. The van der Waals surface area contributed by atoms with E-state index in [-0.39, 0.29) is 6.54 Å². The van der Waals surface area contributed by atoms with Crippen LogP contribution in [0.25, 0.3) is 0 Å². The monoisotopic (exact) mass is 356 g/mol. The van der Waals surface area contributed by atoms with E-state index in [0.29, 0.717) is 13.0 Å². The van der Waals surface area contributed by atoms with Gasteiger partial charge in [0.05, 0.1) is 6.04 Å². The Morgan fingerprint density at radius 1 is 1.29 bits per heavy atom. The SMILES string of the molecule is CC(C)(C)OC(=O)N1CCC=C[C@@H](NC(=O)C(Cl)(Cl)Cl)C1. The van der Waals surface area contributed by atoms with E-state index in [1.807, 2.05) is 6.08 Å². The molecule has 120 valence electrons. The molecule has 0 radical (unpaired) electrons. The van der Waals surface area contributed by atoms with Crippen LogP contribution in [-0.4, -0.2) is 45.4 Å². The van der Waals surface area contributed by atoms with Crippen LogP contribution in [0.5, 0.6) is 0 Å².